The zero-order valence-corrected chi connectivity index (χ0v) is 66.0. The molecule has 14 amide bonds. The van der Waals surface area contributed by atoms with Crippen LogP contribution in [0.25, 0.3) is 0 Å². The number of likely N-dealkylation sites (tertiary alicyclic amines) is 1. The molecular formula is C76H122N16O13. The summed E-state index contributed by atoms with van der Waals surface area (Å²) in [6, 6.07) is 0.690. The summed E-state index contributed by atoms with van der Waals surface area (Å²) < 4.78 is 0. The minimum absolute atomic E-state index is 0.0298. The highest BCUT2D eigenvalue weighted by Gasteiger charge is 2.46. The Balaban J connectivity index is 2.03. The van der Waals surface area contributed by atoms with Gasteiger partial charge in [0.1, 0.15) is 60.4 Å². The van der Waals surface area contributed by atoms with Gasteiger partial charge in [0.05, 0.1) is 0 Å². The monoisotopic (exact) mass is 1470 g/mol. The Kier molecular flexibility index (Phi) is 34.9. The topological polar surface area (TPSA) is 344 Å². The molecule has 4 rings (SSSR count). The SMILES string of the molecule is CN=C(NC)NCCCC1NC(=O)[C@H](CC(C)C)N(C)C(=O)C(Cc2ccccc2)N(C)C(=O)[C@H](C)N(C)C(=O)C(C(C)C)NC(=O)C(C(=O)N(C)[C@@H](Cc2ccccc2)C(=O)N[C@@H](C)C(=O)N2CCCCC2)NC(=O)[C@H](CC(C)C)N(C)C(=O)C(CC(C)C)N(C)C(=O)C(C(C)C)NC(=O)N(C)C1=O. The van der Waals surface area contributed by atoms with Crippen LogP contribution in [-0.4, -0.2) is 272 Å². The first-order valence-corrected chi connectivity index (χ1v) is 37.0. The second kappa shape index (κ2) is 41.5. The van der Waals surface area contributed by atoms with E-state index < -0.39 is 149 Å². The van der Waals surface area contributed by atoms with Gasteiger partial charge < -0.3 is 71.5 Å². The quantitative estimate of drug-likeness (QED) is 0.0409. The van der Waals surface area contributed by atoms with Gasteiger partial charge >= 0.3 is 6.03 Å². The van der Waals surface area contributed by atoms with Gasteiger partial charge in [0.25, 0.3) is 17.7 Å². The third-order valence-electron chi connectivity index (χ3n) is 19.8. The molecule has 2 aromatic carbocycles. The van der Waals surface area contributed by atoms with Crippen LogP contribution < -0.4 is 37.2 Å². The number of imide groups is 1. The molecule has 584 valence electrons. The van der Waals surface area contributed by atoms with Gasteiger partial charge in [-0.25, -0.2) is 4.79 Å². The Morgan fingerprint density at radius 2 is 1.02 bits per heavy atom. The molecular weight excluding hydrogens is 1340 g/mol. The summed E-state index contributed by atoms with van der Waals surface area (Å²) in [4.78, 5) is 210. The zero-order chi connectivity index (χ0) is 79.0. The maximum absolute atomic E-state index is 15.7. The molecule has 0 radical (unpaired) electrons. The van der Waals surface area contributed by atoms with Crippen LogP contribution >= 0.6 is 0 Å². The number of urea groups is 1. The third kappa shape index (κ3) is 24.7. The molecule has 2 heterocycles. The second-order valence-corrected chi connectivity index (χ2v) is 30.0. The van der Waals surface area contributed by atoms with E-state index in [0.29, 0.717) is 30.2 Å². The van der Waals surface area contributed by atoms with Crippen molar-refractivity contribution in [2.75, 3.05) is 83.1 Å². The van der Waals surface area contributed by atoms with Crippen LogP contribution in [0.5, 0.6) is 0 Å². The van der Waals surface area contributed by atoms with Gasteiger partial charge in [0.2, 0.25) is 53.2 Å². The van der Waals surface area contributed by atoms with Crippen molar-refractivity contribution in [3.8, 4) is 0 Å². The maximum atomic E-state index is 15.7. The molecule has 0 spiro atoms. The van der Waals surface area contributed by atoms with Gasteiger partial charge in [-0.2, -0.15) is 0 Å². The number of carbonyl (C=O) groups excluding carboxylic acids is 13. The van der Waals surface area contributed by atoms with Crippen LogP contribution in [0.3, 0.4) is 0 Å². The van der Waals surface area contributed by atoms with Gasteiger partial charge in [-0.05, 0) is 106 Å². The first-order chi connectivity index (χ1) is 49.3. The Bertz CT molecular complexity index is 3330. The number of nitrogens with zero attached hydrogens (tertiary/aromatic N) is 9. The van der Waals surface area contributed by atoms with Gasteiger partial charge in [0, 0.05) is 95.9 Å². The van der Waals surface area contributed by atoms with Crippen LogP contribution in [0.15, 0.2) is 65.7 Å². The molecule has 0 aliphatic carbocycles. The fourth-order valence-corrected chi connectivity index (χ4v) is 13.0. The van der Waals surface area contributed by atoms with Crippen molar-refractivity contribution in [2.24, 2.45) is 34.6 Å². The smallest absolute Gasteiger partial charge is 0.324 e. The molecule has 105 heavy (non-hydrogen) atoms. The Hall–Kier alpha value is -9.18. The van der Waals surface area contributed by atoms with Crippen molar-refractivity contribution in [3.05, 3.63) is 71.8 Å². The lowest BCUT2D eigenvalue weighted by Crippen LogP contribution is -2.65. The number of hydrogen-bond donors (Lipinski definition) is 7. The fourth-order valence-electron chi connectivity index (χ4n) is 13.0. The number of nitrogens with one attached hydrogen (secondary N) is 7. The Morgan fingerprint density at radius 3 is 1.52 bits per heavy atom. The number of carbonyl (C=O) groups is 13. The number of benzene rings is 2. The van der Waals surface area contributed by atoms with Gasteiger partial charge in [-0.3, -0.25) is 67.4 Å². The first-order valence-electron chi connectivity index (χ1n) is 37.0. The lowest BCUT2D eigenvalue weighted by Gasteiger charge is -2.38. The van der Waals surface area contributed by atoms with Gasteiger partial charge in [0.15, 0.2) is 12.0 Å². The molecule has 11 atom stereocenters. The lowest BCUT2D eigenvalue weighted by molar-refractivity contribution is -0.153. The number of likely N-dealkylation sites (N-methyl/N-ethyl adjacent to an activating group) is 7. The van der Waals surface area contributed by atoms with E-state index in [2.05, 4.69) is 42.2 Å². The molecule has 7 N–H and O–H groups in total. The molecule has 29 heteroatoms. The van der Waals surface area contributed by atoms with Crippen LogP contribution in [0.2, 0.25) is 0 Å². The molecule has 0 aromatic heterocycles. The fraction of sp³-hybridized carbons (Fsp3) is 0.658. The van der Waals surface area contributed by atoms with Crippen molar-refractivity contribution in [1.29, 1.82) is 0 Å². The summed E-state index contributed by atoms with van der Waals surface area (Å²) >= 11 is 0. The average molecular weight is 1470 g/mol. The van der Waals surface area contributed by atoms with Crippen LogP contribution in [0, 0.1) is 29.6 Å². The molecule has 2 aromatic rings. The van der Waals surface area contributed by atoms with E-state index in [1.807, 2.05) is 27.7 Å². The number of hydrogen-bond acceptors (Lipinski definition) is 14. The van der Waals surface area contributed by atoms with E-state index >= 15 is 43.2 Å². The predicted octanol–water partition coefficient (Wildman–Crippen LogP) is 3.00. The summed E-state index contributed by atoms with van der Waals surface area (Å²) in [7, 11) is 12.6. The van der Waals surface area contributed by atoms with E-state index in [4.69, 9.17) is 0 Å². The molecule has 2 aliphatic rings. The van der Waals surface area contributed by atoms with E-state index in [-0.39, 0.29) is 75.2 Å². The molecule has 0 bridgehead atoms. The van der Waals surface area contributed by atoms with E-state index in [9.17, 15) is 19.2 Å². The summed E-state index contributed by atoms with van der Waals surface area (Å²) in [5.41, 5.74) is 1.22. The summed E-state index contributed by atoms with van der Waals surface area (Å²) in [6.45, 7) is 21.7. The van der Waals surface area contributed by atoms with Crippen molar-refractivity contribution in [1.82, 2.24) is 76.4 Å². The third-order valence-corrected chi connectivity index (χ3v) is 19.8. The lowest BCUT2D eigenvalue weighted by atomic mass is 9.96. The largest absolute Gasteiger partial charge is 0.359 e. The highest BCUT2D eigenvalue weighted by Crippen LogP contribution is 2.24. The summed E-state index contributed by atoms with van der Waals surface area (Å²) in [5, 5.41) is 19.8. The predicted molar refractivity (Wildman–Crippen MR) is 402 cm³/mol. The van der Waals surface area contributed by atoms with Crippen molar-refractivity contribution in [3.63, 3.8) is 0 Å². The van der Waals surface area contributed by atoms with Gasteiger partial charge in [-0.1, -0.05) is 130 Å². The van der Waals surface area contributed by atoms with E-state index in [0.717, 1.165) is 38.9 Å². The van der Waals surface area contributed by atoms with Crippen molar-refractivity contribution in [2.45, 2.75) is 214 Å². The zero-order valence-electron chi connectivity index (χ0n) is 66.0. The molecule has 2 aliphatic heterocycles. The average Bonchev–Trinajstić information content (AvgIpc) is 0.873. The number of guanidine groups is 1. The summed E-state index contributed by atoms with van der Waals surface area (Å²) in [6.07, 6.45) is 2.54. The van der Waals surface area contributed by atoms with E-state index in [1.54, 1.807) is 128 Å². The van der Waals surface area contributed by atoms with Crippen LogP contribution in [0.1, 0.15) is 146 Å². The molecule has 0 saturated carbocycles. The minimum Gasteiger partial charge on any atom is -0.359 e. The van der Waals surface area contributed by atoms with Crippen LogP contribution in [-0.2, 0) is 70.4 Å². The molecule has 29 nitrogen and oxygen atoms in total. The van der Waals surface area contributed by atoms with Crippen molar-refractivity contribution < 1.29 is 62.3 Å². The van der Waals surface area contributed by atoms with Gasteiger partial charge in [-0.15, -0.1) is 0 Å². The standard InChI is InChI=1S/C76H122N16O13/c1-45(2)40-55-64(94)81-54(36-31-37-79-75(77-13)78-14)69(99)91(21)76(105)84-61(49(9)10)73(103)90(20)58(42-47(5)6)70(100)87(17)56(41-46(3)4)65(95)83-62(74(104)88(18)57(43-52-32-25-22-26-33-52)63(93)80-50(11)67(97)92-38-29-24-30-39-92)66(96)82-60(48(7)8)72(102)85(15)51(12)68(98)89(19)59(71(101)86(55)16)44-53-34-27-23-28-35-53/h22-23,25-28,32-35,45-51,54-62H,24,29-31,36-44H2,1-21H3,(H,80,93)(H,81,94)(H,82,96)(H,83,95)(H,84,105)(H2,77,78,79)/t50-,51-,54?,55-,56-,57-,58?,59?,60?,61?,62?/m0/s1. The Labute approximate surface area is 622 Å². The Morgan fingerprint density at radius 1 is 0.552 bits per heavy atom. The maximum Gasteiger partial charge on any atom is 0.324 e. The highest BCUT2D eigenvalue weighted by atomic mass is 16.2. The number of aliphatic imine (C=N–C) groups is 1. The molecule has 2 fully saturated rings. The van der Waals surface area contributed by atoms with Crippen molar-refractivity contribution >= 4 is 82.9 Å². The summed E-state index contributed by atoms with van der Waals surface area (Å²) in [5.74, 6) is -11.7. The minimum atomic E-state index is -2.25. The number of rotatable bonds is 21. The second-order valence-electron chi connectivity index (χ2n) is 30.0. The molecule has 2 saturated heterocycles. The van der Waals surface area contributed by atoms with Crippen LogP contribution in [0.4, 0.5) is 4.79 Å². The van der Waals surface area contributed by atoms with E-state index in [1.165, 1.54) is 71.0 Å². The highest BCUT2D eigenvalue weighted by molar-refractivity contribution is 6.10. The number of amides is 14. The first kappa shape index (κ1) is 88.2. The number of piperidine rings is 1. The normalized spacial score (nSPS) is 23.4. The molecule has 6 unspecified atom stereocenters.